The molecular weight excluding hydrogens is 418 g/mol. The van der Waals surface area contributed by atoms with Crippen LogP contribution in [0.15, 0.2) is 46.0 Å². The second kappa shape index (κ2) is 7.66. The summed E-state index contributed by atoms with van der Waals surface area (Å²) < 4.78 is 27.1. The first kappa shape index (κ1) is 20.0. The van der Waals surface area contributed by atoms with Crippen LogP contribution in [0.25, 0.3) is 0 Å². The van der Waals surface area contributed by atoms with Gasteiger partial charge in [0.25, 0.3) is 10.0 Å². The fourth-order valence-electron chi connectivity index (χ4n) is 6.09. The largest absolute Gasteiger partial charge is 0.378 e. The molecule has 4 fully saturated rings. The van der Waals surface area contributed by atoms with E-state index >= 15 is 0 Å². The second-order valence-corrected chi connectivity index (χ2v) is 12.1. The molecule has 0 radical (unpaired) electrons. The lowest BCUT2D eigenvalue weighted by Gasteiger charge is -2.57. The van der Waals surface area contributed by atoms with Crippen molar-refractivity contribution in [3.05, 3.63) is 41.8 Å². The predicted molar refractivity (Wildman–Crippen MR) is 119 cm³/mol. The SMILES string of the molecule is O=C(CNS(=O)(=O)c1cccs1)Nc1ccccc1NC12CC3CC(CC(C3)C1)C2. The van der Waals surface area contributed by atoms with E-state index in [0.29, 0.717) is 5.69 Å². The van der Waals surface area contributed by atoms with Crippen LogP contribution in [0.1, 0.15) is 38.5 Å². The van der Waals surface area contributed by atoms with Crippen molar-refractivity contribution in [2.24, 2.45) is 17.8 Å². The van der Waals surface area contributed by atoms with Crippen LogP contribution in [-0.4, -0.2) is 26.4 Å². The van der Waals surface area contributed by atoms with Crippen LogP contribution >= 0.6 is 11.3 Å². The van der Waals surface area contributed by atoms with Gasteiger partial charge < -0.3 is 10.6 Å². The summed E-state index contributed by atoms with van der Waals surface area (Å²) in [6.45, 7) is -0.300. The summed E-state index contributed by atoms with van der Waals surface area (Å²) in [5, 5.41) is 8.38. The van der Waals surface area contributed by atoms with Gasteiger partial charge in [0.1, 0.15) is 4.21 Å². The number of sulfonamides is 1. The van der Waals surface area contributed by atoms with Gasteiger partial charge in [-0.05, 0) is 79.9 Å². The van der Waals surface area contributed by atoms with Gasteiger partial charge in [-0.1, -0.05) is 18.2 Å². The average molecular weight is 446 g/mol. The van der Waals surface area contributed by atoms with Gasteiger partial charge in [0.05, 0.1) is 17.9 Å². The van der Waals surface area contributed by atoms with Crippen LogP contribution in [-0.2, 0) is 14.8 Å². The lowest BCUT2D eigenvalue weighted by Crippen LogP contribution is -2.54. The molecule has 8 heteroatoms. The smallest absolute Gasteiger partial charge is 0.250 e. The van der Waals surface area contributed by atoms with Crippen molar-refractivity contribution >= 4 is 38.6 Å². The number of carbonyl (C=O) groups is 1. The van der Waals surface area contributed by atoms with Crippen molar-refractivity contribution in [2.75, 3.05) is 17.2 Å². The summed E-state index contributed by atoms with van der Waals surface area (Å²) in [4.78, 5) is 12.5. The Morgan fingerprint density at radius 2 is 1.60 bits per heavy atom. The number of para-hydroxylation sites is 2. The highest BCUT2D eigenvalue weighted by Gasteiger charge is 2.51. The fraction of sp³-hybridized carbons (Fsp3) is 0.500. The minimum Gasteiger partial charge on any atom is -0.378 e. The minimum atomic E-state index is -3.66. The summed E-state index contributed by atoms with van der Waals surface area (Å²) in [5.41, 5.74) is 1.76. The third-order valence-electron chi connectivity index (χ3n) is 6.82. The highest BCUT2D eigenvalue weighted by atomic mass is 32.2. The number of rotatable bonds is 7. The first-order valence-corrected chi connectivity index (χ1v) is 13.0. The van der Waals surface area contributed by atoms with E-state index in [-0.39, 0.29) is 22.2 Å². The molecule has 0 atom stereocenters. The Morgan fingerprint density at radius 1 is 0.967 bits per heavy atom. The molecule has 1 amide bonds. The molecule has 6 nitrogen and oxygen atoms in total. The lowest BCUT2D eigenvalue weighted by atomic mass is 9.53. The Morgan fingerprint density at radius 3 is 2.20 bits per heavy atom. The standard InChI is InChI=1S/C22H27N3O3S2/c26-20(14-23-30(27,28)21-6-3-7-29-21)24-18-4-1-2-5-19(18)25-22-11-15-8-16(12-22)10-17(9-15)13-22/h1-7,15-17,23,25H,8-14H2,(H,24,26). The highest BCUT2D eigenvalue weighted by molar-refractivity contribution is 7.91. The third-order valence-corrected chi connectivity index (χ3v) is 9.62. The second-order valence-electron chi connectivity index (χ2n) is 9.17. The molecule has 1 aromatic heterocycles. The molecule has 0 saturated heterocycles. The van der Waals surface area contributed by atoms with E-state index in [1.54, 1.807) is 11.4 Å². The van der Waals surface area contributed by atoms with E-state index in [9.17, 15) is 13.2 Å². The molecule has 4 aliphatic rings. The number of hydrogen-bond acceptors (Lipinski definition) is 5. The molecule has 1 aromatic carbocycles. The summed E-state index contributed by atoms with van der Waals surface area (Å²) in [7, 11) is -3.66. The number of amides is 1. The summed E-state index contributed by atoms with van der Waals surface area (Å²) in [6, 6.07) is 10.9. The maximum Gasteiger partial charge on any atom is 0.250 e. The first-order chi connectivity index (χ1) is 14.4. The van der Waals surface area contributed by atoms with Crippen LogP contribution in [0.2, 0.25) is 0 Å². The average Bonchev–Trinajstić information content (AvgIpc) is 3.23. The number of nitrogens with one attached hydrogen (secondary N) is 3. The van der Waals surface area contributed by atoms with Crippen molar-refractivity contribution in [1.29, 1.82) is 0 Å². The molecule has 1 heterocycles. The van der Waals surface area contributed by atoms with Gasteiger partial charge in [0.2, 0.25) is 5.91 Å². The number of anilines is 2. The van der Waals surface area contributed by atoms with Gasteiger partial charge in [-0.25, -0.2) is 13.1 Å². The van der Waals surface area contributed by atoms with Crippen molar-refractivity contribution in [3.63, 3.8) is 0 Å². The van der Waals surface area contributed by atoms with E-state index < -0.39 is 10.0 Å². The molecule has 6 rings (SSSR count). The highest BCUT2D eigenvalue weighted by Crippen LogP contribution is 2.56. The lowest BCUT2D eigenvalue weighted by molar-refractivity contribution is -0.115. The number of benzene rings is 1. The Hall–Kier alpha value is -1.90. The zero-order valence-electron chi connectivity index (χ0n) is 16.8. The van der Waals surface area contributed by atoms with E-state index in [1.165, 1.54) is 44.6 Å². The first-order valence-electron chi connectivity index (χ1n) is 10.6. The fourth-order valence-corrected chi connectivity index (χ4v) is 8.11. The van der Waals surface area contributed by atoms with E-state index in [2.05, 4.69) is 15.4 Å². The zero-order valence-corrected chi connectivity index (χ0v) is 18.4. The molecule has 0 unspecified atom stereocenters. The molecule has 4 saturated carbocycles. The topological polar surface area (TPSA) is 87.3 Å². The van der Waals surface area contributed by atoms with Crippen LogP contribution in [0.4, 0.5) is 11.4 Å². The molecule has 30 heavy (non-hydrogen) atoms. The van der Waals surface area contributed by atoms with Crippen molar-refractivity contribution in [2.45, 2.75) is 48.3 Å². The van der Waals surface area contributed by atoms with Crippen molar-refractivity contribution < 1.29 is 13.2 Å². The van der Waals surface area contributed by atoms with Gasteiger partial charge in [-0.3, -0.25) is 4.79 Å². The van der Waals surface area contributed by atoms with Gasteiger partial charge in [0.15, 0.2) is 0 Å². The molecule has 0 aliphatic heterocycles. The van der Waals surface area contributed by atoms with Gasteiger partial charge >= 0.3 is 0 Å². The Bertz CT molecular complexity index is 998. The molecule has 4 aliphatic carbocycles. The molecular formula is C22H27N3O3S2. The Labute approximate surface area is 181 Å². The number of hydrogen-bond donors (Lipinski definition) is 3. The van der Waals surface area contributed by atoms with Crippen LogP contribution in [0.5, 0.6) is 0 Å². The summed E-state index contributed by atoms with van der Waals surface area (Å²) >= 11 is 1.13. The Balaban J connectivity index is 1.26. The molecule has 0 spiro atoms. The number of thiophene rings is 1. The van der Waals surface area contributed by atoms with Crippen molar-refractivity contribution in [1.82, 2.24) is 4.72 Å². The van der Waals surface area contributed by atoms with E-state index in [4.69, 9.17) is 0 Å². The third kappa shape index (κ3) is 4.00. The van der Waals surface area contributed by atoms with Crippen LogP contribution in [0, 0.1) is 17.8 Å². The molecule has 160 valence electrons. The minimum absolute atomic E-state index is 0.135. The van der Waals surface area contributed by atoms with Crippen LogP contribution in [0.3, 0.4) is 0 Å². The number of carbonyl (C=O) groups excluding carboxylic acids is 1. The van der Waals surface area contributed by atoms with E-state index in [0.717, 1.165) is 34.8 Å². The predicted octanol–water partition coefficient (Wildman–Crippen LogP) is 4.05. The normalized spacial score (nSPS) is 29.7. The van der Waals surface area contributed by atoms with E-state index in [1.807, 2.05) is 24.3 Å². The molecule has 4 bridgehead atoms. The summed E-state index contributed by atoms with van der Waals surface area (Å²) in [5.74, 6) is 2.11. The quantitative estimate of drug-likeness (QED) is 0.600. The van der Waals surface area contributed by atoms with Gasteiger partial charge in [-0.2, -0.15) is 0 Å². The maximum atomic E-state index is 12.5. The molecule has 3 N–H and O–H groups in total. The zero-order chi connectivity index (χ0) is 20.8. The van der Waals surface area contributed by atoms with Gasteiger partial charge in [0, 0.05) is 5.54 Å². The van der Waals surface area contributed by atoms with Crippen LogP contribution < -0.4 is 15.4 Å². The van der Waals surface area contributed by atoms with Crippen molar-refractivity contribution in [3.8, 4) is 0 Å². The van der Waals surface area contributed by atoms with Gasteiger partial charge in [-0.15, -0.1) is 11.3 Å². The molecule has 2 aromatic rings. The Kier molecular flexibility index (Phi) is 5.11. The monoisotopic (exact) mass is 445 g/mol. The maximum absolute atomic E-state index is 12.5. The summed E-state index contributed by atoms with van der Waals surface area (Å²) in [6.07, 6.45) is 7.77.